The molecule has 0 aliphatic heterocycles. The first-order chi connectivity index (χ1) is 7.26. The summed E-state index contributed by atoms with van der Waals surface area (Å²) in [5.41, 5.74) is -0.495. The van der Waals surface area contributed by atoms with Gasteiger partial charge in [0.05, 0.1) is 18.8 Å². The first kappa shape index (κ1) is 15.2. The van der Waals surface area contributed by atoms with E-state index in [0.29, 0.717) is 0 Å². The number of carbonyl (C=O) groups excluding carboxylic acids is 1. The topological polar surface area (TPSA) is 49.8 Å². The van der Waals surface area contributed by atoms with Crippen LogP contribution in [0.4, 0.5) is 8.78 Å². The van der Waals surface area contributed by atoms with Gasteiger partial charge in [0, 0.05) is 6.54 Å². The fourth-order valence-electron chi connectivity index (χ4n) is 0.975. The van der Waals surface area contributed by atoms with Crippen LogP contribution < -0.4 is 0 Å². The van der Waals surface area contributed by atoms with Gasteiger partial charge in [0.15, 0.2) is 0 Å². The standard InChI is InChI=1S/C10H19F2NO3/c1-10(2,3)16-7-9(15)13(4-5-14)6-8(11)12/h8,14H,4-7H2,1-3H3. The highest BCUT2D eigenvalue weighted by Crippen LogP contribution is 2.07. The fraction of sp³-hybridized carbons (Fsp3) is 0.900. The Labute approximate surface area is 94.2 Å². The van der Waals surface area contributed by atoms with E-state index in [-0.39, 0.29) is 19.8 Å². The van der Waals surface area contributed by atoms with Gasteiger partial charge in [-0.05, 0) is 20.8 Å². The van der Waals surface area contributed by atoms with E-state index >= 15 is 0 Å². The van der Waals surface area contributed by atoms with Crippen LogP contribution in [0.15, 0.2) is 0 Å². The number of alkyl halides is 2. The Kier molecular flexibility index (Phi) is 6.43. The Bertz CT molecular complexity index is 217. The molecular formula is C10H19F2NO3. The predicted octanol–water partition coefficient (Wildman–Crippen LogP) is 0.887. The number of rotatable bonds is 6. The summed E-state index contributed by atoms with van der Waals surface area (Å²) in [6, 6.07) is 0. The van der Waals surface area contributed by atoms with Gasteiger partial charge in [-0.3, -0.25) is 4.79 Å². The van der Waals surface area contributed by atoms with Crippen molar-refractivity contribution in [1.29, 1.82) is 0 Å². The van der Waals surface area contributed by atoms with Crippen LogP contribution in [0.5, 0.6) is 0 Å². The lowest BCUT2D eigenvalue weighted by molar-refractivity contribution is -0.143. The Morgan fingerprint density at radius 2 is 2.00 bits per heavy atom. The van der Waals surface area contributed by atoms with Crippen LogP contribution in [0.2, 0.25) is 0 Å². The maximum Gasteiger partial charge on any atom is 0.255 e. The molecule has 0 saturated heterocycles. The third kappa shape index (κ3) is 7.53. The summed E-state index contributed by atoms with van der Waals surface area (Å²) in [6.07, 6.45) is -2.61. The molecule has 6 heteroatoms. The summed E-state index contributed by atoms with van der Waals surface area (Å²) in [5, 5.41) is 8.65. The predicted molar refractivity (Wildman–Crippen MR) is 55.4 cm³/mol. The number of aliphatic hydroxyl groups excluding tert-OH is 1. The Hall–Kier alpha value is -0.750. The zero-order chi connectivity index (χ0) is 12.8. The molecule has 0 rings (SSSR count). The Morgan fingerprint density at radius 3 is 2.38 bits per heavy atom. The Morgan fingerprint density at radius 1 is 1.44 bits per heavy atom. The minimum absolute atomic E-state index is 0.101. The van der Waals surface area contributed by atoms with Crippen molar-refractivity contribution in [3.63, 3.8) is 0 Å². The number of halogens is 2. The number of nitrogens with zero attached hydrogens (tertiary/aromatic N) is 1. The maximum absolute atomic E-state index is 12.1. The summed E-state index contributed by atoms with van der Waals surface area (Å²) in [5.74, 6) is -0.538. The largest absolute Gasteiger partial charge is 0.395 e. The first-order valence-electron chi connectivity index (χ1n) is 5.07. The van der Waals surface area contributed by atoms with Gasteiger partial charge in [-0.25, -0.2) is 8.78 Å². The molecule has 0 radical (unpaired) electrons. The number of aliphatic hydroxyl groups is 1. The van der Waals surface area contributed by atoms with Gasteiger partial charge in [-0.2, -0.15) is 0 Å². The highest BCUT2D eigenvalue weighted by Gasteiger charge is 2.20. The van der Waals surface area contributed by atoms with Crippen molar-refractivity contribution in [3.05, 3.63) is 0 Å². The molecule has 1 amide bonds. The molecule has 0 aromatic heterocycles. The van der Waals surface area contributed by atoms with E-state index in [1.54, 1.807) is 20.8 Å². The number of hydrogen-bond acceptors (Lipinski definition) is 3. The molecule has 96 valence electrons. The van der Waals surface area contributed by atoms with Crippen molar-refractivity contribution in [2.75, 3.05) is 26.3 Å². The maximum atomic E-state index is 12.1. The van der Waals surface area contributed by atoms with Crippen molar-refractivity contribution in [1.82, 2.24) is 4.90 Å². The summed E-state index contributed by atoms with van der Waals surface area (Å²) >= 11 is 0. The summed E-state index contributed by atoms with van der Waals surface area (Å²) in [4.78, 5) is 12.4. The summed E-state index contributed by atoms with van der Waals surface area (Å²) in [6.45, 7) is 3.94. The lowest BCUT2D eigenvalue weighted by Crippen LogP contribution is -2.40. The van der Waals surface area contributed by atoms with E-state index in [1.807, 2.05) is 0 Å². The summed E-state index contributed by atoms with van der Waals surface area (Å²) in [7, 11) is 0. The van der Waals surface area contributed by atoms with Crippen molar-refractivity contribution < 1.29 is 23.4 Å². The number of ether oxygens (including phenoxy) is 1. The van der Waals surface area contributed by atoms with Gasteiger partial charge in [0.2, 0.25) is 5.91 Å². The molecular weight excluding hydrogens is 220 g/mol. The molecule has 0 spiro atoms. The molecule has 0 aliphatic carbocycles. The van der Waals surface area contributed by atoms with Crippen LogP contribution in [-0.2, 0) is 9.53 Å². The van der Waals surface area contributed by atoms with E-state index in [9.17, 15) is 13.6 Å². The minimum Gasteiger partial charge on any atom is -0.395 e. The second kappa shape index (κ2) is 6.75. The molecule has 0 unspecified atom stereocenters. The smallest absolute Gasteiger partial charge is 0.255 e. The third-order valence-electron chi connectivity index (χ3n) is 1.71. The molecule has 1 N–H and O–H groups in total. The summed E-state index contributed by atoms with van der Waals surface area (Å²) < 4.78 is 29.4. The van der Waals surface area contributed by atoms with Crippen LogP contribution in [0, 0.1) is 0 Å². The molecule has 0 aliphatic rings. The van der Waals surface area contributed by atoms with Gasteiger partial charge in [0.1, 0.15) is 6.61 Å². The van der Waals surface area contributed by atoms with Crippen molar-refractivity contribution in [2.45, 2.75) is 32.8 Å². The normalized spacial score (nSPS) is 11.9. The number of amides is 1. The van der Waals surface area contributed by atoms with Crippen molar-refractivity contribution in [2.24, 2.45) is 0 Å². The fourth-order valence-corrected chi connectivity index (χ4v) is 0.975. The van der Waals surface area contributed by atoms with E-state index in [1.165, 1.54) is 0 Å². The van der Waals surface area contributed by atoms with Gasteiger partial charge < -0.3 is 14.7 Å². The van der Waals surface area contributed by atoms with Gasteiger partial charge in [0.25, 0.3) is 6.43 Å². The second-order valence-electron chi connectivity index (χ2n) is 4.36. The molecule has 0 aromatic rings. The lowest BCUT2D eigenvalue weighted by Gasteiger charge is -2.24. The van der Waals surface area contributed by atoms with Gasteiger partial charge >= 0.3 is 0 Å². The first-order valence-corrected chi connectivity index (χ1v) is 5.07. The van der Waals surface area contributed by atoms with E-state index in [2.05, 4.69) is 0 Å². The average molecular weight is 239 g/mol. The zero-order valence-electron chi connectivity index (χ0n) is 9.87. The zero-order valence-corrected chi connectivity index (χ0v) is 9.87. The van der Waals surface area contributed by atoms with Gasteiger partial charge in [-0.15, -0.1) is 0 Å². The van der Waals surface area contributed by atoms with E-state index in [4.69, 9.17) is 9.84 Å². The molecule has 16 heavy (non-hydrogen) atoms. The molecule has 0 heterocycles. The Balaban J connectivity index is 4.16. The SMILES string of the molecule is CC(C)(C)OCC(=O)N(CCO)CC(F)F. The molecule has 0 aromatic carbocycles. The molecule has 0 bridgehead atoms. The highest BCUT2D eigenvalue weighted by atomic mass is 19.3. The van der Waals surface area contributed by atoms with Crippen LogP contribution in [-0.4, -0.2) is 54.2 Å². The van der Waals surface area contributed by atoms with Crippen LogP contribution in [0.25, 0.3) is 0 Å². The molecule has 0 saturated carbocycles. The quantitative estimate of drug-likeness (QED) is 0.748. The number of carbonyl (C=O) groups is 1. The second-order valence-corrected chi connectivity index (χ2v) is 4.36. The molecule has 4 nitrogen and oxygen atoms in total. The highest BCUT2D eigenvalue weighted by molar-refractivity contribution is 5.77. The van der Waals surface area contributed by atoms with Crippen molar-refractivity contribution >= 4 is 5.91 Å². The van der Waals surface area contributed by atoms with E-state index in [0.717, 1.165) is 4.90 Å². The monoisotopic (exact) mass is 239 g/mol. The average Bonchev–Trinajstić information content (AvgIpc) is 2.11. The van der Waals surface area contributed by atoms with Crippen molar-refractivity contribution in [3.8, 4) is 0 Å². The van der Waals surface area contributed by atoms with E-state index < -0.39 is 24.5 Å². The minimum atomic E-state index is -2.61. The van der Waals surface area contributed by atoms with Crippen LogP contribution in [0.1, 0.15) is 20.8 Å². The lowest BCUT2D eigenvalue weighted by atomic mass is 10.2. The molecule has 0 atom stereocenters. The molecule has 0 fully saturated rings. The van der Waals surface area contributed by atoms with Crippen LogP contribution >= 0.6 is 0 Å². The third-order valence-corrected chi connectivity index (χ3v) is 1.71. The van der Waals surface area contributed by atoms with Gasteiger partial charge in [-0.1, -0.05) is 0 Å². The van der Waals surface area contributed by atoms with Crippen LogP contribution in [0.3, 0.4) is 0 Å². The number of hydrogen-bond donors (Lipinski definition) is 1.